The average Bonchev–Trinajstić information content (AvgIpc) is 1.67. The molecule has 0 spiro atoms. The van der Waals surface area contributed by atoms with E-state index in [-0.39, 0.29) is 36.1 Å². The zero-order valence-electron chi connectivity index (χ0n) is 6.60. The summed E-state index contributed by atoms with van der Waals surface area (Å²) in [5.74, 6) is 0.278. The van der Waals surface area contributed by atoms with Gasteiger partial charge in [0.2, 0.25) is 0 Å². The Labute approximate surface area is 74.9 Å². The molecule has 0 aromatic heterocycles. The summed E-state index contributed by atoms with van der Waals surface area (Å²) >= 11 is 0. The van der Waals surface area contributed by atoms with E-state index in [1.165, 1.54) is 0 Å². The van der Waals surface area contributed by atoms with Crippen LogP contribution in [0.5, 0.6) is 0 Å². The van der Waals surface area contributed by atoms with E-state index in [2.05, 4.69) is 0 Å². The summed E-state index contributed by atoms with van der Waals surface area (Å²) in [6.07, 6.45) is 0.933. The van der Waals surface area contributed by atoms with Gasteiger partial charge in [-0.05, 0) is 6.42 Å². The van der Waals surface area contributed by atoms with Crippen molar-refractivity contribution in [2.24, 2.45) is 11.1 Å². The first-order valence-corrected chi connectivity index (χ1v) is 2.85. The van der Waals surface area contributed by atoms with Crippen LogP contribution < -0.4 is 5.73 Å². The number of hydrogen-bond acceptors (Lipinski definition) is 1. The third-order valence-electron chi connectivity index (χ3n) is 1.61. The number of amidine groups is 1. The van der Waals surface area contributed by atoms with E-state index in [1.807, 2.05) is 20.8 Å². The summed E-state index contributed by atoms with van der Waals surface area (Å²) in [7, 11) is 0. The molecule has 0 aliphatic rings. The fraction of sp³-hybridized carbons (Fsp3) is 0.833. The number of rotatable bonds is 2. The van der Waals surface area contributed by atoms with Crippen LogP contribution in [0, 0.1) is 10.8 Å². The van der Waals surface area contributed by atoms with Crippen LogP contribution in [0.2, 0.25) is 0 Å². The van der Waals surface area contributed by atoms with E-state index in [4.69, 9.17) is 11.1 Å². The van der Waals surface area contributed by atoms with Gasteiger partial charge in [-0.1, -0.05) is 20.8 Å². The molecule has 0 radical (unpaired) electrons. The minimum Gasteiger partial charge on any atom is -0.387 e. The molecule has 0 aromatic rings. The normalized spacial score (nSPS) is 9.10. The molecule has 0 aliphatic heterocycles. The second-order valence-corrected chi connectivity index (χ2v) is 2.65. The van der Waals surface area contributed by atoms with Crippen molar-refractivity contribution in [1.29, 1.82) is 5.41 Å². The summed E-state index contributed by atoms with van der Waals surface area (Å²) < 4.78 is 0. The maximum Gasteiger partial charge on any atom is 0.0962 e. The van der Waals surface area contributed by atoms with Gasteiger partial charge >= 0.3 is 0 Å². The van der Waals surface area contributed by atoms with E-state index in [0.29, 0.717) is 0 Å². The summed E-state index contributed by atoms with van der Waals surface area (Å²) in [5.41, 5.74) is 5.17. The highest BCUT2D eigenvalue weighted by Gasteiger charge is 2.17. The topological polar surface area (TPSA) is 49.9 Å². The quantitative estimate of drug-likeness (QED) is 0.505. The molecule has 10 heavy (non-hydrogen) atoms. The van der Waals surface area contributed by atoms with Crippen LogP contribution in [0.3, 0.4) is 0 Å². The Balaban J connectivity index is -0.000000245. The van der Waals surface area contributed by atoms with Gasteiger partial charge in [0.1, 0.15) is 0 Å². The molecule has 0 bridgehead atoms. The molecule has 2 nitrogen and oxygen atoms in total. The van der Waals surface area contributed by atoms with Crippen LogP contribution in [0.4, 0.5) is 0 Å². The molecule has 0 atom stereocenters. The highest BCUT2D eigenvalue weighted by molar-refractivity contribution is 5.85. The van der Waals surface area contributed by atoms with Gasteiger partial charge in [0.05, 0.1) is 5.84 Å². The first kappa shape index (κ1) is 16.6. The first-order chi connectivity index (χ1) is 3.50. The molecule has 0 aliphatic carbocycles. The first-order valence-electron chi connectivity index (χ1n) is 2.85. The van der Waals surface area contributed by atoms with Gasteiger partial charge in [-0.2, -0.15) is 0 Å². The Morgan fingerprint density at radius 1 is 1.40 bits per heavy atom. The van der Waals surface area contributed by atoms with Crippen LogP contribution in [0.1, 0.15) is 27.2 Å². The van der Waals surface area contributed by atoms with Crippen LogP contribution >= 0.6 is 24.8 Å². The molecule has 3 N–H and O–H groups in total. The Morgan fingerprint density at radius 3 is 1.70 bits per heavy atom. The molecule has 0 saturated heterocycles. The third-order valence-corrected chi connectivity index (χ3v) is 1.61. The van der Waals surface area contributed by atoms with E-state index >= 15 is 0 Å². The van der Waals surface area contributed by atoms with Gasteiger partial charge in [0.25, 0.3) is 0 Å². The second-order valence-electron chi connectivity index (χ2n) is 2.65. The summed E-state index contributed by atoms with van der Waals surface area (Å²) in [5, 5.41) is 7.07. The molecule has 0 heterocycles. The van der Waals surface area contributed by atoms with Gasteiger partial charge in [-0.25, -0.2) is 0 Å². The van der Waals surface area contributed by atoms with Crippen LogP contribution in [-0.2, 0) is 0 Å². The summed E-state index contributed by atoms with van der Waals surface area (Å²) in [6, 6.07) is 0. The predicted octanol–water partition coefficient (Wildman–Crippen LogP) is 2.20. The van der Waals surface area contributed by atoms with Crippen molar-refractivity contribution in [3.8, 4) is 0 Å². The zero-order valence-corrected chi connectivity index (χ0v) is 8.23. The number of halogens is 2. The lowest BCUT2D eigenvalue weighted by Gasteiger charge is -2.19. The molecule has 0 fully saturated rings. The van der Waals surface area contributed by atoms with Gasteiger partial charge < -0.3 is 5.73 Å². The molecule has 0 saturated carbocycles. The largest absolute Gasteiger partial charge is 0.387 e. The molecule has 64 valence electrons. The van der Waals surface area contributed by atoms with E-state index in [9.17, 15) is 0 Å². The SMILES string of the molecule is CCC(C)(C)C(=N)N.Cl.Cl. The van der Waals surface area contributed by atoms with Crippen molar-refractivity contribution in [3.63, 3.8) is 0 Å². The van der Waals surface area contributed by atoms with Gasteiger partial charge in [0.15, 0.2) is 0 Å². The monoisotopic (exact) mass is 186 g/mol. The standard InChI is InChI=1S/C6H14N2.2ClH/c1-4-6(2,3)5(7)8;;/h4H2,1-3H3,(H3,7,8);2*1H. The fourth-order valence-electron chi connectivity index (χ4n) is 0.190. The zero-order chi connectivity index (χ0) is 6.78. The highest BCUT2D eigenvalue weighted by atomic mass is 35.5. The maximum absolute atomic E-state index is 7.07. The molecule has 0 unspecified atom stereocenters. The number of nitrogens with one attached hydrogen (secondary N) is 1. The molecule has 0 rings (SSSR count). The smallest absolute Gasteiger partial charge is 0.0962 e. The van der Waals surface area contributed by atoms with Crippen molar-refractivity contribution >= 4 is 30.6 Å². The maximum atomic E-state index is 7.07. The number of hydrogen-bond donors (Lipinski definition) is 2. The van der Waals surface area contributed by atoms with Crippen LogP contribution in [0.25, 0.3) is 0 Å². The second kappa shape index (κ2) is 5.81. The van der Waals surface area contributed by atoms with E-state index in [0.717, 1.165) is 6.42 Å². The fourth-order valence-corrected chi connectivity index (χ4v) is 0.190. The average molecular weight is 187 g/mol. The van der Waals surface area contributed by atoms with Crippen molar-refractivity contribution in [2.45, 2.75) is 27.2 Å². The summed E-state index contributed by atoms with van der Waals surface area (Å²) in [6.45, 7) is 5.96. The Kier molecular flexibility index (Phi) is 9.62. The lowest BCUT2D eigenvalue weighted by Crippen LogP contribution is -2.29. The molecule has 0 amide bonds. The van der Waals surface area contributed by atoms with Crippen LogP contribution in [0.15, 0.2) is 0 Å². The summed E-state index contributed by atoms with van der Waals surface area (Å²) in [4.78, 5) is 0. The van der Waals surface area contributed by atoms with Crippen LogP contribution in [-0.4, -0.2) is 5.84 Å². The van der Waals surface area contributed by atoms with Gasteiger partial charge in [-0.15, -0.1) is 24.8 Å². The van der Waals surface area contributed by atoms with Gasteiger partial charge in [0, 0.05) is 5.41 Å². The lowest BCUT2D eigenvalue weighted by molar-refractivity contribution is 0.495. The lowest BCUT2D eigenvalue weighted by atomic mass is 9.89. The predicted molar refractivity (Wildman–Crippen MR) is 50.5 cm³/mol. The molecular weight excluding hydrogens is 171 g/mol. The molecule has 4 heteroatoms. The molecule has 0 aromatic carbocycles. The van der Waals surface area contributed by atoms with Crippen molar-refractivity contribution in [3.05, 3.63) is 0 Å². The van der Waals surface area contributed by atoms with Crippen molar-refractivity contribution in [1.82, 2.24) is 0 Å². The van der Waals surface area contributed by atoms with E-state index < -0.39 is 0 Å². The minimum atomic E-state index is -0.0972. The Hall–Kier alpha value is 0.0500. The highest BCUT2D eigenvalue weighted by Crippen LogP contribution is 2.17. The third kappa shape index (κ3) is 4.89. The minimum absolute atomic E-state index is 0. The van der Waals surface area contributed by atoms with Crippen molar-refractivity contribution in [2.75, 3.05) is 0 Å². The van der Waals surface area contributed by atoms with Crippen molar-refractivity contribution < 1.29 is 0 Å². The van der Waals surface area contributed by atoms with E-state index in [1.54, 1.807) is 0 Å². The Morgan fingerprint density at radius 2 is 1.70 bits per heavy atom. The van der Waals surface area contributed by atoms with Gasteiger partial charge in [-0.3, -0.25) is 5.41 Å². The number of nitrogens with two attached hydrogens (primary N) is 1. The Bertz CT molecular complexity index is 102. The molecular formula is C6H16Cl2N2.